The predicted molar refractivity (Wildman–Crippen MR) is 109 cm³/mol. The smallest absolute Gasteiger partial charge is 0.284 e. The fourth-order valence-corrected chi connectivity index (χ4v) is 4.23. The summed E-state index contributed by atoms with van der Waals surface area (Å²) < 4.78 is 30.0. The van der Waals surface area contributed by atoms with Gasteiger partial charge in [-0.3, -0.25) is 4.79 Å². The normalized spacial score (nSPS) is 15.9. The number of rotatable bonds is 5. The van der Waals surface area contributed by atoms with Gasteiger partial charge in [0, 0.05) is 30.2 Å². The van der Waals surface area contributed by atoms with Crippen LogP contribution in [0.4, 0.5) is 5.69 Å². The van der Waals surface area contributed by atoms with Crippen molar-refractivity contribution in [3.8, 4) is 0 Å². The van der Waals surface area contributed by atoms with Crippen molar-refractivity contribution in [3.63, 3.8) is 0 Å². The third-order valence-corrected chi connectivity index (χ3v) is 6.08. The quantitative estimate of drug-likeness (QED) is 0.757. The molecule has 1 saturated heterocycles. The first-order valence-corrected chi connectivity index (χ1v) is 10.8. The molecule has 0 saturated carbocycles. The van der Waals surface area contributed by atoms with Gasteiger partial charge in [0.05, 0.1) is 11.3 Å². The van der Waals surface area contributed by atoms with E-state index in [1.54, 1.807) is 12.1 Å². The second-order valence-corrected chi connectivity index (χ2v) is 8.91. The van der Waals surface area contributed by atoms with Gasteiger partial charge in [0.25, 0.3) is 10.0 Å². The molecule has 1 fully saturated rings. The van der Waals surface area contributed by atoms with Crippen molar-refractivity contribution >= 4 is 43.4 Å². The number of hydrogen-bond acceptors (Lipinski definition) is 3. The summed E-state index contributed by atoms with van der Waals surface area (Å²) in [4.78, 5) is 14.2. The molecular weight excluding hydrogens is 430 g/mol. The maximum atomic E-state index is 12.6. The predicted octanol–water partition coefficient (Wildman–Crippen LogP) is 3.44. The lowest BCUT2D eigenvalue weighted by Crippen LogP contribution is -2.20. The molecule has 0 radical (unpaired) electrons. The van der Waals surface area contributed by atoms with Crippen LogP contribution in [0.25, 0.3) is 0 Å². The zero-order chi connectivity index (χ0) is 19.4. The van der Waals surface area contributed by atoms with Gasteiger partial charge in [0.1, 0.15) is 5.84 Å². The van der Waals surface area contributed by atoms with Crippen molar-refractivity contribution in [2.75, 3.05) is 18.9 Å². The molecule has 1 aliphatic heterocycles. The second-order valence-electron chi connectivity index (χ2n) is 6.39. The Morgan fingerprint density at radius 2 is 1.96 bits per heavy atom. The maximum absolute atomic E-state index is 12.6. The molecule has 0 spiro atoms. The summed E-state index contributed by atoms with van der Waals surface area (Å²) in [5.74, 6) is 0.355. The molecule has 1 amide bonds. The van der Waals surface area contributed by atoms with Crippen LogP contribution < -0.4 is 5.32 Å². The standard InChI is InChI=1S/C19H20BrN3O3S/c1-23-11-3-6-18(23)22-27(25,26)17-5-2-4-16(13-17)21-19(24)12-14-7-9-15(20)10-8-14/h2,4-5,7-10,13H,3,6,11-12H2,1H3,(H,21,24). The van der Waals surface area contributed by atoms with E-state index in [4.69, 9.17) is 0 Å². The number of halogens is 1. The summed E-state index contributed by atoms with van der Waals surface area (Å²) in [7, 11) is -1.98. The first kappa shape index (κ1) is 19.6. The Labute approximate surface area is 167 Å². The Balaban J connectivity index is 1.73. The van der Waals surface area contributed by atoms with E-state index >= 15 is 0 Å². The van der Waals surface area contributed by atoms with Crippen LogP contribution in [0.15, 0.2) is 62.3 Å². The number of sulfonamides is 1. The van der Waals surface area contributed by atoms with Gasteiger partial charge in [-0.15, -0.1) is 4.40 Å². The highest BCUT2D eigenvalue weighted by molar-refractivity contribution is 9.10. The maximum Gasteiger partial charge on any atom is 0.284 e. The van der Waals surface area contributed by atoms with E-state index in [1.807, 2.05) is 36.2 Å². The average molecular weight is 450 g/mol. The number of nitrogens with one attached hydrogen (secondary N) is 1. The van der Waals surface area contributed by atoms with Crippen molar-refractivity contribution < 1.29 is 13.2 Å². The molecule has 142 valence electrons. The molecule has 2 aromatic rings. The molecule has 8 heteroatoms. The number of amides is 1. The Bertz CT molecular complexity index is 972. The lowest BCUT2D eigenvalue weighted by molar-refractivity contribution is -0.115. The van der Waals surface area contributed by atoms with E-state index in [0.29, 0.717) is 17.9 Å². The molecule has 1 heterocycles. The van der Waals surface area contributed by atoms with Crippen LogP contribution in [0.3, 0.4) is 0 Å². The Hall–Kier alpha value is -2.19. The van der Waals surface area contributed by atoms with Crippen LogP contribution in [0.2, 0.25) is 0 Å². The number of carbonyl (C=O) groups excluding carboxylic acids is 1. The Morgan fingerprint density at radius 3 is 2.63 bits per heavy atom. The van der Waals surface area contributed by atoms with Gasteiger partial charge in [-0.1, -0.05) is 34.1 Å². The van der Waals surface area contributed by atoms with Crippen LogP contribution in [0, 0.1) is 0 Å². The number of benzene rings is 2. The van der Waals surface area contributed by atoms with E-state index in [2.05, 4.69) is 25.6 Å². The number of anilines is 1. The summed E-state index contributed by atoms with van der Waals surface area (Å²) in [6.45, 7) is 0.806. The fraction of sp³-hybridized carbons (Fsp3) is 0.263. The Morgan fingerprint density at radius 1 is 1.22 bits per heavy atom. The van der Waals surface area contributed by atoms with Crippen LogP contribution in [-0.4, -0.2) is 38.7 Å². The minimum atomic E-state index is -3.81. The summed E-state index contributed by atoms with van der Waals surface area (Å²) >= 11 is 3.36. The van der Waals surface area contributed by atoms with Crippen molar-refractivity contribution in [3.05, 3.63) is 58.6 Å². The van der Waals surface area contributed by atoms with Gasteiger partial charge >= 0.3 is 0 Å². The molecule has 0 bridgehead atoms. The van der Waals surface area contributed by atoms with Crippen molar-refractivity contribution in [2.45, 2.75) is 24.2 Å². The van der Waals surface area contributed by atoms with E-state index in [9.17, 15) is 13.2 Å². The summed E-state index contributed by atoms with van der Waals surface area (Å²) in [5.41, 5.74) is 1.30. The fourth-order valence-electron chi connectivity index (χ4n) is 2.83. The summed E-state index contributed by atoms with van der Waals surface area (Å²) in [6, 6.07) is 13.6. The zero-order valence-electron chi connectivity index (χ0n) is 14.9. The lowest BCUT2D eigenvalue weighted by atomic mass is 10.1. The largest absolute Gasteiger partial charge is 0.362 e. The monoisotopic (exact) mass is 449 g/mol. The number of hydrogen-bond donors (Lipinski definition) is 1. The van der Waals surface area contributed by atoms with Crippen molar-refractivity contribution in [1.82, 2.24) is 4.90 Å². The molecule has 3 rings (SSSR count). The van der Waals surface area contributed by atoms with Gasteiger partial charge < -0.3 is 10.2 Å². The van der Waals surface area contributed by atoms with Gasteiger partial charge in [-0.2, -0.15) is 8.42 Å². The van der Waals surface area contributed by atoms with Crippen LogP contribution in [0.1, 0.15) is 18.4 Å². The van der Waals surface area contributed by atoms with Crippen LogP contribution in [0.5, 0.6) is 0 Å². The number of amidine groups is 1. The molecule has 0 atom stereocenters. The van der Waals surface area contributed by atoms with E-state index < -0.39 is 10.0 Å². The molecule has 2 aromatic carbocycles. The molecular formula is C19H20BrN3O3S. The molecule has 0 unspecified atom stereocenters. The molecule has 0 aromatic heterocycles. The van der Waals surface area contributed by atoms with Crippen molar-refractivity contribution in [2.24, 2.45) is 4.40 Å². The molecule has 0 aliphatic carbocycles. The van der Waals surface area contributed by atoms with Gasteiger partial charge in [-0.25, -0.2) is 0 Å². The molecule has 1 N–H and O–H groups in total. The molecule has 6 nitrogen and oxygen atoms in total. The first-order valence-electron chi connectivity index (χ1n) is 8.53. The minimum absolute atomic E-state index is 0.0664. The van der Waals surface area contributed by atoms with Crippen molar-refractivity contribution in [1.29, 1.82) is 0 Å². The summed E-state index contributed by atoms with van der Waals surface area (Å²) in [5, 5.41) is 2.75. The SMILES string of the molecule is CN1CCCC1=NS(=O)(=O)c1cccc(NC(=O)Cc2ccc(Br)cc2)c1. The van der Waals surface area contributed by atoms with Crippen LogP contribution >= 0.6 is 15.9 Å². The highest BCUT2D eigenvalue weighted by atomic mass is 79.9. The van der Waals surface area contributed by atoms with E-state index in [-0.39, 0.29) is 17.2 Å². The van der Waals surface area contributed by atoms with Crippen LogP contribution in [-0.2, 0) is 21.2 Å². The first-order chi connectivity index (χ1) is 12.8. The number of likely N-dealkylation sites (tertiary alicyclic amines) is 1. The van der Waals surface area contributed by atoms with Gasteiger partial charge in [-0.05, 0) is 42.3 Å². The topological polar surface area (TPSA) is 78.8 Å². The van der Waals surface area contributed by atoms with E-state index in [1.165, 1.54) is 12.1 Å². The third kappa shape index (κ3) is 5.17. The average Bonchev–Trinajstić information content (AvgIpc) is 3.01. The zero-order valence-corrected chi connectivity index (χ0v) is 17.3. The third-order valence-electron chi connectivity index (χ3n) is 4.25. The van der Waals surface area contributed by atoms with Gasteiger partial charge in [0.15, 0.2) is 0 Å². The number of carbonyl (C=O) groups is 1. The Kier molecular flexibility index (Phi) is 5.96. The van der Waals surface area contributed by atoms with Gasteiger partial charge in [0.2, 0.25) is 5.91 Å². The van der Waals surface area contributed by atoms with E-state index in [0.717, 1.165) is 23.0 Å². The summed E-state index contributed by atoms with van der Waals surface area (Å²) in [6.07, 6.45) is 1.76. The molecule has 1 aliphatic rings. The highest BCUT2D eigenvalue weighted by Crippen LogP contribution is 2.20. The number of nitrogens with zero attached hydrogens (tertiary/aromatic N) is 2. The minimum Gasteiger partial charge on any atom is -0.362 e. The highest BCUT2D eigenvalue weighted by Gasteiger charge is 2.20. The molecule has 27 heavy (non-hydrogen) atoms. The lowest BCUT2D eigenvalue weighted by Gasteiger charge is -2.11. The second kappa shape index (κ2) is 8.22.